The predicted octanol–water partition coefficient (Wildman–Crippen LogP) is 4.90. The second-order valence-corrected chi connectivity index (χ2v) is 13.7. The number of carbonyl (C=O) groups excluding carboxylic acids is 1. The Kier molecular flexibility index (Phi) is 7.84. The fourth-order valence-electron chi connectivity index (χ4n) is 6.75. The van der Waals surface area contributed by atoms with Crippen molar-refractivity contribution in [3.63, 3.8) is 0 Å². The van der Waals surface area contributed by atoms with Gasteiger partial charge in [-0.1, -0.05) is 35.5 Å². The summed E-state index contributed by atoms with van der Waals surface area (Å²) in [6.45, 7) is 5.51. The summed E-state index contributed by atoms with van der Waals surface area (Å²) in [5.74, 6) is -1.03. The maximum absolute atomic E-state index is 14.5. The second-order valence-electron chi connectivity index (χ2n) is 12.0. The number of nitriles is 1. The third-order valence-corrected chi connectivity index (χ3v) is 11.0. The van der Waals surface area contributed by atoms with Crippen LogP contribution in [0.2, 0.25) is 0 Å². The number of fused-ring (bicyclic) bond motifs is 1. The summed E-state index contributed by atoms with van der Waals surface area (Å²) >= 11 is 0. The molecule has 0 bridgehead atoms. The summed E-state index contributed by atoms with van der Waals surface area (Å²) < 4.78 is 51.7. The Labute approximate surface area is 260 Å². The van der Waals surface area contributed by atoms with Crippen LogP contribution in [-0.4, -0.2) is 50.5 Å². The molecule has 2 aliphatic heterocycles. The number of anilines is 1. The van der Waals surface area contributed by atoms with Crippen molar-refractivity contribution >= 4 is 21.6 Å². The first-order valence-electron chi connectivity index (χ1n) is 14.8. The van der Waals surface area contributed by atoms with E-state index in [1.165, 1.54) is 10.4 Å². The second kappa shape index (κ2) is 11.5. The van der Waals surface area contributed by atoms with E-state index in [4.69, 9.17) is 9.78 Å². The van der Waals surface area contributed by atoms with E-state index in [2.05, 4.69) is 15.5 Å². The summed E-state index contributed by atoms with van der Waals surface area (Å²) in [5.41, 5.74) is 0.495. The van der Waals surface area contributed by atoms with Crippen LogP contribution in [-0.2, 0) is 28.6 Å². The van der Waals surface area contributed by atoms with E-state index in [-0.39, 0.29) is 34.4 Å². The van der Waals surface area contributed by atoms with E-state index in [0.29, 0.717) is 54.9 Å². The Bertz CT molecular complexity index is 1930. The molecular weight excluding hydrogens is 599 g/mol. The van der Waals surface area contributed by atoms with Gasteiger partial charge in [0.15, 0.2) is 5.76 Å². The molecule has 2 aliphatic rings. The fraction of sp³-hybridized carbons (Fsp3) is 0.375. The largest absolute Gasteiger partial charge is 0.384 e. The van der Waals surface area contributed by atoms with Crippen molar-refractivity contribution in [2.45, 2.75) is 82.0 Å². The first kappa shape index (κ1) is 30.6. The van der Waals surface area contributed by atoms with Crippen LogP contribution in [0.25, 0.3) is 11.3 Å². The Morgan fingerprint density at radius 3 is 2.73 bits per heavy atom. The molecule has 3 unspecified atom stereocenters. The zero-order valence-electron chi connectivity index (χ0n) is 25.1. The molecule has 1 saturated heterocycles. The van der Waals surface area contributed by atoms with Crippen molar-refractivity contribution in [3.05, 3.63) is 82.8 Å². The van der Waals surface area contributed by atoms with E-state index in [0.717, 1.165) is 11.6 Å². The molecule has 3 atom stereocenters. The average molecular weight is 633 g/mol. The SMILES string of the molecule is Cc1c(S(=O)(=O)N2C(C)CCC2CC(C)(O)c2cc(-c3ccccc3)on2)c2n(c1C(=O)Nc1cc(F)nc(C#N)c1)CCC2. The van der Waals surface area contributed by atoms with Crippen molar-refractivity contribution in [2.24, 2.45) is 0 Å². The molecule has 1 aromatic carbocycles. The maximum atomic E-state index is 14.5. The summed E-state index contributed by atoms with van der Waals surface area (Å²) in [6, 6.07) is 14.2. The van der Waals surface area contributed by atoms with Gasteiger partial charge in [0.25, 0.3) is 5.91 Å². The van der Waals surface area contributed by atoms with Gasteiger partial charge in [-0.15, -0.1) is 0 Å². The topological polar surface area (TPSA) is 154 Å². The third kappa shape index (κ3) is 5.54. The van der Waals surface area contributed by atoms with Gasteiger partial charge in [0, 0.05) is 53.3 Å². The van der Waals surface area contributed by atoms with Gasteiger partial charge >= 0.3 is 0 Å². The monoisotopic (exact) mass is 632 g/mol. The molecule has 1 amide bonds. The van der Waals surface area contributed by atoms with Crippen LogP contribution < -0.4 is 5.32 Å². The predicted molar refractivity (Wildman–Crippen MR) is 162 cm³/mol. The summed E-state index contributed by atoms with van der Waals surface area (Å²) in [6.07, 6.45) is 2.36. The van der Waals surface area contributed by atoms with Gasteiger partial charge in [-0.3, -0.25) is 4.79 Å². The number of carbonyl (C=O) groups is 1. The number of nitrogens with one attached hydrogen (secondary N) is 1. The molecule has 234 valence electrons. The lowest BCUT2D eigenvalue weighted by atomic mass is 9.92. The number of aromatic nitrogens is 3. The highest BCUT2D eigenvalue weighted by atomic mass is 32.2. The number of sulfonamides is 1. The number of halogens is 1. The number of hydrogen-bond donors (Lipinski definition) is 2. The Hall–Kier alpha value is -4.38. The van der Waals surface area contributed by atoms with Crippen LogP contribution in [0.5, 0.6) is 0 Å². The molecule has 5 heterocycles. The van der Waals surface area contributed by atoms with Crippen LogP contribution in [0.4, 0.5) is 10.1 Å². The molecule has 11 nitrogen and oxygen atoms in total. The van der Waals surface area contributed by atoms with E-state index >= 15 is 0 Å². The van der Waals surface area contributed by atoms with Crippen molar-refractivity contribution in [1.29, 1.82) is 5.26 Å². The number of amides is 1. The molecule has 2 N–H and O–H groups in total. The number of nitrogens with zero attached hydrogens (tertiary/aromatic N) is 5. The Morgan fingerprint density at radius 1 is 1.24 bits per heavy atom. The lowest BCUT2D eigenvalue weighted by Gasteiger charge is -2.32. The van der Waals surface area contributed by atoms with Crippen molar-refractivity contribution in [1.82, 2.24) is 19.0 Å². The molecule has 45 heavy (non-hydrogen) atoms. The van der Waals surface area contributed by atoms with E-state index in [1.807, 2.05) is 37.3 Å². The van der Waals surface area contributed by atoms with Crippen molar-refractivity contribution in [3.8, 4) is 17.4 Å². The number of pyridine rings is 1. The van der Waals surface area contributed by atoms with Crippen molar-refractivity contribution < 1.29 is 27.2 Å². The quantitative estimate of drug-likeness (QED) is 0.260. The zero-order valence-corrected chi connectivity index (χ0v) is 25.9. The van der Waals surface area contributed by atoms with Crippen LogP contribution in [0.3, 0.4) is 0 Å². The first-order valence-corrected chi connectivity index (χ1v) is 16.2. The molecule has 1 fully saturated rings. The summed E-state index contributed by atoms with van der Waals surface area (Å²) in [5, 5.41) is 27.4. The molecule has 0 spiro atoms. The van der Waals surface area contributed by atoms with Crippen molar-refractivity contribution in [2.75, 3.05) is 5.32 Å². The van der Waals surface area contributed by atoms with Gasteiger partial charge in [-0.25, -0.2) is 13.4 Å². The van der Waals surface area contributed by atoms with E-state index in [1.54, 1.807) is 30.6 Å². The van der Waals surface area contributed by atoms with Crippen LogP contribution in [0, 0.1) is 24.2 Å². The Morgan fingerprint density at radius 2 is 2.00 bits per heavy atom. The molecule has 0 radical (unpaired) electrons. The van der Waals surface area contributed by atoms with Crippen LogP contribution >= 0.6 is 0 Å². The third-order valence-electron chi connectivity index (χ3n) is 8.73. The van der Waals surface area contributed by atoms with Gasteiger partial charge in [-0.05, 0) is 58.9 Å². The van der Waals surface area contributed by atoms with Gasteiger partial charge in [-0.2, -0.15) is 14.0 Å². The van der Waals surface area contributed by atoms with Gasteiger partial charge < -0.3 is 19.5 Å². The van der Waals surface area contributed by atoms with Gasteiger partial charge in [0.2, 0.25) is 16.0 Å². The molecular formula is C32H33FN6O5S. The standard InChI is InChI=1S/C32H33FN6O5S/c1-19-11-12-24(17-32(3,41)27-16-26(44-37-27)21-8-5-4-6-9-21)39(19)45(42,43)30-20(2)29(38-13-7-10-25(30)38)31(40)36-22-14-23(18-34)35-28(33)15-22/h4-6,8-9,14-16,19,24,41H,7,10-13,17H2,1-3H3,(H,35,36,40). The molecule has 3 aromatic heterocycles. The van der Waals surface area contributed by atoms with E-state index in [9.17, 15) is 22.7 Å². The van der Waals surface area contributed by atoms with E-state index < -0.39 is 33.5 Å². The first-order chi connectivity index (χ1) is 21.4. The number of hydrogen-bond acceptors (Lipinski definition) is 8. The number of benzene rings is 1. The van der Waals surface area contributed by atoms with Gasteiger partial charge in [0.1, 0.15) is 33.6 Å². The molecule has 4 aromatic rings. The summed E-state index contributed by atoms with van der Waals surface area (Å²) in [7, 11) is -4.12. The zero-order chi connectivity index (χ0) is 32.1. The molecule has 13 heteroatoms. The number of aliphatic hydroxyl groups is 1. The highest BCUT2D eigenvalue weighted by Gasteiger charge is 2.46. The minimum atomic E-state index is -4.12. The fourth-order valence-corrected chi connectivity index (χ4v) is 9.10. The van der Waals surface area contributed by atoms with Crippen LogP contribution in [0.1, 0.15) is 72.7 Å². The lowest BCUT2D eigenvalue weighted by Crippen LogP contribution is -2.43. The van der Waals surface area contributed by atoms with Gasteiger partial charge in [0.05, 0.1) is 0 Å². The minimum absolute atomic E-state index is 0.0418. The normalized spacial score (nSPS) is 19.6. The summed E-state index contributed by atoms with van der Waals surface area (Å²) in [4.78, 5) is 17.1. The average Bonchev–Trinajstić information content (AvgIpc) is 3.77. The molecule has 0 aliphatic carbocycles. The molecule has 6 rings (SSSR count). The highest BCUT2D eigenvalue weighted by Crippen LogP contribution is 2.42. The number of rotatable bonds is 8. The highest BCUT2D eigenvalue weighted by molar-refractivity contribution is 7.89. The maximum Gasteiger partial charge on any atom is 0.272 e. The van der Waals surface area contributed by atoms with Crippen LogP contribution in [0.15, 0.2) is 57.9 Å². The smallest absolute Gasteiger partial charge is 0.272 e. The lowest BCUT2D eigenvalue weighted by molar-refractivity contribution is 0.0229. The molecule has 0 saturated carbocycles. The Balaban J connectivity index is 1.31. The minimum Gasteiger partial charge on any atom is -0.384 e.